The van der Waals surface area contributed by atoms with Crippen LogP contribution < -0.4 is 5.73 Å². The first kappa shape index (κ1) is 13.5. The molecular formula is C12H24N2O2. The van der Waals surface area contributed by atoms with Crippen LogP contribution in [0.3, 0.4) is 0 Å². The summed E-state index contributed by atoms with van der Waals surface area (Å²) in [6.45, 7) is 9.39. The maximum atomic E-state index is 11.6. The van der Waals surface area contributed by atoms with Gasteiger partial charge in [-0.15, -0.1) is 0 Å². The van der Waals surface area contributed by atoms with E-state index >= 15 is 0 Å². The lowest BCUT2D eigenvalue weighted by molar-refractivity contribution is -0.142. The van der Waals surface area contributed by atoms with Crippen LogP contribution >= 0.6 is 0 Å². The third-order valence-electron chi connectivity index (χ3n) is 3.04. The van der Waals surface area contributed by atoms with Gasteiger partial charge in [-0.05, 0) is 24.9 Å². The third-order valence-corrected chi connectivity index (χ3v) is 3.04. The summed E-state index contributed by atoms with van der Waals surface area (Å²) in [5.41, 5.74) is 5.79. The number of carbonyl (C=O) groups excluding carboxylic acids is 1. The molecule has 0 amide bonds. The highest BCUT2D eigenvalue weighted by molar-refractivity contribution is 5.77. The van der Waals surface area contributed by atoms with E-state index in [1.54, 1.807) is 0 Å². The van der Waals surface area contributed by atoms with Crippen molar-refractivity contribution < 1.29 is 9.53 Å². The van der Waals surface area contributed by atoms with Crippen molar-refractivity contribution in [1.82, 2.24) is 4.90 Å². The van der Waals surface area contributed by atoms with E-state index < -0.39 is 0 Å². The minimum absolute atomic E-state index is 0.0502. The number of rotatable bonds is 6. The van der Waals surface area contributed by atoms with Gasteiger partial charge in [0.2, 0.25) is 0 Å². The second-order valence-electron chi connectivity index (χ2n) is 5.31. The van der Waals surface area contributed by atoms with Crippen LogP contribution in [0.15, 0.2) is 0 Å². The first-order valence-corrected chi connectivity index (χ1v) is 6.11. The molecule has 0 radical (unpaired) electrons. The average Bonchev–Trinajstić information content (AvgIpc) is 2.64. The predicted molar refractivity (Wildman–Crippen MR) is 64.1 cm³/mol. The number of nitrogens with zero attached hydrogens (tertiary/aromatic N) is 1. The SMILES string of the molecule is CCCN(CC(C)(C)CN)C1CCOC1=O. The molecule has 1 saturated heterocycles. The summed E-state index contributed by atoms with van der Waals surface area (Å²) < 4.78 is 5.03. The quantitative estimate of drug-likeness (QED) is 0.689. The average molecular weight is 228 g/mol. The summed E-state index contributed by atoms with van der Waals surface area (Å²) in [4.78, 5) is 13.8. The zero-order chi connectivity index (χ0) is 12.2. The number of hydrogen-bond acceptors (Lipinski definition) is 4. The largest absolute Gasteiger partial charge is 0.464 e. The van der Waals surface area contributed by atoms with E-state index in [9.17, 15) is 4.79 Å². The fraction of sp³-hybridized carbons (Fsp3) is 0.917. The highest BCUT2D eigenvalue weighted by Crippen LogP contribution is 2.21. The van der Waals surface area contributed by atoms with E-state index in [1.807, 2.05) is 0 Å². The van der Waals surface area contributed by atoms with Crippen LogP contribution in [0, 0.1) is 5.41 Å². The first-order chi connectivity index (χ1) is 7.50. The van der Waals surface area contributed by atoms with Gasteiger partial charge < -0.3 is 10.5 Å². The first-order valence-electron chi connectivity index (χ1n) is 6.11. The highest BCUT2D eigenvalue weighted by Gasteiger charge is 2.34. The van der Waals surface area contributed by atoms with Gasteiger partial charge in [0, 0.05) is 13.0 Å². The molecule has 1 rings (SSSR count). The Kier molecular flexibility index (Phi) is 4.74. The molecule has 16 heavy (non-hydrogen) atoms. The summed E-state index contributed by atoms with van der Waals surface area (Å²) in [5, 5.41) is 0. The molecule has 1 atom stereocenters. The smallest absolute Gasteiger partial charge is 0.323 e. The molecule has 94 valence electrons. The van der Waals surface area contributed by atoms with Gasteiger partial charge >= 0.3 is 5.97 Å². The zero-order valence-electron chi connectivity index (χ0n) is 10.7. The summed E-state index contributed by atoms with van der Waals surface area (Å²) in [7, 11) is 0. The molecule has 1 fully saturated rings. The molecule has 2 N–H and O–H groups in total. The van der Waals surface area contributed by atoms with Crippen LogP contribution in [0.25, 0.3) is 0 Å². The molecular weight excluding hydrogens is 204 g/mol. The Labute approximate surface area is 98.1 Å². The minimum atomic E-state index is -0.0683. The Hall–Kier alpha value is -0.610. The molecule has 0 aromatic rings. The lowest BCUT2D eigenvalue weighted by Crippen LogP contribution is -2.46. The van der Waals surface area contributed by atoms with Gasteiger partial charge in [-0.2, -0.15) is 0 Å². The molecule has 0 bridgehead atoms. The van der Waals surface area contributed by atoms with Crippen molar-refractivity contribution >= 4 is 5.97 Å². The molecule has 0 aromatic carbocycles. The van der Waals surface area contributed by atoms with Crippen LogP contribution in [-0.4, -0.2) is 43.2 Å². The second kappa shape index (κ2) is 5.64. The molecule has 4 heteroatoms. The van der Waals surface area contributed by atoms with E-state index in [0.717, 1.165) is 25.9 Å². The van der Waals surface area contributed by atoms with Crippen LogP contribution in [0.4, 0.5) is 0 Å². The van der Waals surface area contributed by atoms with Crippen LogP contribution in [0.5, 0.6) is 0 Å². The monoisotopic (exact) mass is 228 g/mol. The van der Waals surface area contributed by atoms with E-state index in [2.05, 4.69) is 25.7 Å². The molecule has 0 spiro atoms. The van der Waals surface area contributed by atoms with Crippen molar-refractivity contribution in [2.24, 2.45) is 11.1 Å². The van der Waals surface area contributed by atoms with Crippen molar-refractivity contribution in [3.63, 3.8) is 0 Å². The topological polar surface area (TPSA) is 55.6 Å². The number of esters is 1. The van der Waals surface area contributed by atoms with Crippen molar-refractivity contribution in [2.75, 3.05) is 26.2 Å². The van der Waals surface area contributed by atoms with E-state index in [-0.39, 0.29) is 17.4 Å². The number of carbonyl (C=O) groups is 1. The number of ether oxygens (including phenoxy) is 1. The van der Waals surface area contributed by atoms with Gasteiger partial charge in [0.1, 0.15) is 6.04 Å². The Bertz CT molecular complexity index is 241. The normalized spacial score (nSPS) is 21.6. The molecule has 1 aliphatic heterocycles. The number of cyclic esters (lactones) is 1. The van der Waals surface area contributed by atoms with Crippen LogP contribution in [0.1, 0.15) is 33.6 Å². The van der Waals surface area contributed by atoms with Crippen LogP contribution in [0.2, 0.25) is 0 Å². The minimum Gasteiger partial charge on any atom is -0.464 e. The van der Waals surface area contributed by atoms with Gasteiger partial charge in [0.15, 0.2) is 0 Å². The fourth-order valence-corrected chi connectivity index (χ4v) is 2.06. The maximum Gasteiger partial charge on any atom is 0.323 e. The second-order valence-corrected chi connectivity index (χ2v) is 5.31. The van der Waals surface area contributed by atoms with E-state index in [1.165, 1.54) is 0 Å². The molecule has 0 saturated carbocycles. The zero-order valence-corrected chi connectivity index (χ0v) is 10.7. The molecule has 1 aliphatic rings. The molecule has 1 unspecified atom stereocenters. The Balaban J connectivity index is 2.63. The Morgan fingerprint density at radius 1 is 1.56 bits per heavy atom. The lowest BCUT2D eigenvalue weighted by Gasteiger charge is -2.33. The van der Waals surface area contributed by atoms with E-state index in [0.29, 0.717) is 13.2 Å². The van der Waals surface area contributed by atoms with Crippen molar-refractivity contribution in [3.05, 3.63) is 0 Å². The number of hydrogen-bond donors (Lipinski definition) is 1. The van der Waals surface area contributed by atoms with Gasteiger partial charge in [-0.25, -0.2) is 0 Å². The van der Waals surface area contributed by atoms with Crippen molar-refractivity contribution in [3.8, 4) is 0 Å². The van der Waals surface area contributed by atoms with Crippen molar-refractivity contribution in [2.45, 2.75) is 39.7 Å². The molecule has 1 heterocycles. The third kappa shape index (κ3) is 3.46. The summed E-state index contributed by atoms with van der Waals surface area (Å²) in [5.74, 6) is -0.0683. The van der Waals surface area contributed by atoms with Crippen LogP contribution in [-0.2, 0) is 9.53 Å². The molecule has 0 aromatic heterocycles. The molecule has 0 aliphatic carbocycles. The van der Waals surface area contributed by atoms with Gasteiger partial charge in [0.05, 0.1) is 6.61 Å². The summed E-state index contributed by atoms with van der Waals surface area (Å²) in [6, 6.07) is -0.0502. The maximum absolute atomic E-state index is 11.6. The fourth-order valence-electron chi connectivity index (χ4n) is 2.06. The van der Waals surface area contributed by atoms with Gasteiger partial charge in [-0.1, -0.05) is 20.8 Å². The summed E-state index contributed by atoms with van der Waals surface area (Å²) in [6.07, 6.45) is 1.86. The van der Waals surface area contributed by atoms with Gasteiger partial charge in [0.25, 0.3) is 0 Å². The van der Waals surface area contributed by atoms with E-state index in [4.69, 9.17) is 10.5 Å². The summed E-state index contributed by atoms with van der Waals surface area (Å²) >= 11 is 0. The van der Waals surface area contributed by atoms with Gasteiger partial charge in [-0.3, -0.25) is 9.69 Å². The molecule has 4 nitrogen and oxygen atoms in total. The number of nitrogens with two attached hydrogens (primary N) is 1. The Morgan fingerprint density at radius 3 is 2.69 bits per heavy atom. The van der Waals surface area contributed by atoms with Crippen molar-refractivity contribution in [1.29, 1.82) is 0 Å². The predicted octanol–water partition coefficient (Wildman–Crippen LogP) is 0.999. The Morgan fingerprint density at radius 2 is 2.25 bits per heavy atom. The lowest BCUT2D eigenvalue weighted by atomic mass is 9.92. The standard InChI is InChI=1S/C12H24N2O2/c1-4-6-14(9-12(2,3)8-13)10-5-7-16-11(10)15/h10H,4-9,13H2,1-3H3. The highest BCUT2D eigenvalue weighted by atomic mass is 16.5.